The van der Waals surface area contributed by atoms with Crippen molar-refractivity contribution in [3.05, 3.63) is 94.1 Å². The predicted molar refractivity (Wildman–Crippen MR) is 210 cm³/mol. The van der Waals surface area contributed by atoms with Crippen LogP contribution in [0.5, 0.6) is 23.0 Å². The molecule has 0 N–H and O–H groups in total. The van der Waals surface area contributed by atoms with E-state index in [4.69, 9.17) is 18.9 Å². The van der Waals surface area contributed by atoms with E-state index in [1.807, 2.05) is 0 Å². The minimum atomic E-state index is -0.668. The lowest BCUT2D eigenvalue weighted by atomic mass is 10.1. The van der Waals surface area contributed by atoms with Crippen molar-refractivity contribution in [1.29, 1.82) is 0 Å². The van der Waals surface area contributed by atoms with Gasteiger partial charge in [0.15, 0.2) is 5.75 Å². The Morgan fingerprint density at radius 1 is 0.404 bits per heavy atom. The van der Waals surface area contributed by atoms with Gasteiger partial charge >= 0.3 is 11.9 Å². The average Bonchev–Trinajstić information content (AvgIpc) is 3.33. The molecule has 0 atom stereocenters. The lowest BCUT2D eigenvalue weighted by Gasteiger charge is -2.08. The van der Waals surface area contributed by atoms with E-state index in [1.54, 1.807) is 48.5 Å². The molecule has 0 bridgehead atoms. The summed E-state index contributed by atoms with van der Waals surface area (Å²) < 4.78 is 22.6. The van der Waals surface area contributed by atoms with Gasteiger partial charge in [0.2, 0.25) is 5.43 Å². The summed E-state index contributed by atoms with van der Waals surface area (Å²) >= 11 is 0. The summed E-state index contributed by atoms with van der Waals surface area (Å²) in [5.74, 6) is 0.119. The Morgan fingerprint density at radius 2 is 0.750 bits per heavy atom. The van der Waals surface area contributed by atoms with Crippen molar-refractivity contribution in [2.45, 2.75) is 142 Å². The number of unbranched alkanes of at least 4 members (excludes halogenated alkanes) is 18. The van der Waals surface area contributed by atoms with Gasteiger partial charge in [-0.2, -0.15) is 0 Å². The van der Waals surface area contributed by atoms with Gasteiger partial charge in [-0.3, -0.25) is 4.79 Å². The van der Waals surface area contributed by atoms with E-state index in [-0.39, 0.29) is 11.5 Å². The van der Waals surface area contributed by atoms with Crippen LogP contribution in [0.15, 0.2) is 77.6 Å². The van der Waals surface area contributed by atoms with Gasteiger partial charge in [0.1, 0.15) is 17.2 Å². The molecule has 7 heteroatoms. The molecule has 0 unspecified atom stereocenters. The molecular weight excluding hydrogens is 652 g/mol. The number of hydrogen-bond acceptors (Lipinski definition) is 7. The lowest BCUT2D eigenvalue weighted by molar-refractivity contribution is 0.0722. The summed E-state index contributed by atoms with van der Waals surface area (Å²) in [6.45, 7) is 5.77. The van der Waals surface area contributed by atoms with Crippen LogP contribution in [0.3, 0.4) is 0 Å². The van der Waals surface area contributed by atoms with Gasteiger partial charge in [-0.05, 0) is 85.6 Å². The average molecular weight is 715 g/mol. The highest BCUT2D eigenvalue weighted by atomic mass is 16.5. The lowest BCUT2D eigenvalue weighted by Crippen LogP contribution is -2.13. The van der Waals surface area contributed by atoms with Crippen LogP contribution in [0, 0.1) is 0 Å². The summed E-state index contributed by atoms with van der Waals surface area (Å²) in [5, 5.41) is 0. The molecule has 0 fully saturated rings. The Balaban J connectivity index is 1.34. The normalized spacial score (nSPS) is 10.9. The predicted octanol–water partition coefficient (Wildman–Crippen LogP) is 12.1. The Labute approximate surface area is 312 Å². The van der Waals surface area contributed by atoms with Gasteiger partial charge in [0, 0.05) is 0 Å². The fourth-order valence-electron chi connectivity index (χ4n) is 5.95. The highest BCUT2D eigenvalue weighted by Gasteiger charge is 2.13. The molecule has 0 saturated carbocycles. The zero-order valence-corrected chi connectivity index (χ0v) is 31.8. The van der Waals surface area contributed by atoms with Crippen molar-refractivity contribution in [2.24, 2.45) is 0 Å². The smallest absolute Gasteiger partial charge is 0.343 e. The molecule has 3 rings (SSSR count). The maximum absolute atomic E-state index is 12.8. The fourth-order valence-corrected chi connectivity index (χ4v) is 5.95. The maximum atomic E-state index is 12.8. The zero-order chi connectivity index (χ0) is 37.1. The van der Waals surface area contributed by atoms with Crippen LogP contribution in [0.1, 0.15) is 163 Å². The van der Waals surface area contributed by atoms with Crippen molar-refractivity contribution < 1.29 is 28.5 Å². The van der Waals surface area contributed by atoms with Crippen LogP contribution >= 0.6 is 0 Å². The summed E-state index contributed by atoms with van der Waals surface area (Å²) in [7, 11) is 0. The number of carbonyl (C=O) groups is 2. The third-order valence-corrected chi connectivity index (χ3v) is 9.17. The first-order valence-electron chi connectivity index (χ1n) is 20.0. The van der Waals surface area contributed by atoms with Crippen LogP contribution in [0.25, 0.3) is 0 Å². The monoisotopic (exact) mass is 714 g/mol. The molecule has 3 aromatic carbocycles. The standard InChI is InChI=1S/C45H62O7/c1-3-5-7-9-11-13-15-17-19-21-35-49-39-27-23-37(24-28-39)44(47)51-41-31-33-42(46)43(34-32-41)52-45(48)38-25-29-40(30-26-38)50-36-22-20-18-16-14-12-10-8-6-4-2/h23-34H,3-22,35-36H2,1-2H3. The second kappa shape index (κ2) is 26.6. The Bertz CT molecular complexity index is 1470. The van der Waals surface area contributed by atoms with Gasteiger partial charge in [-0.1, -0.05) is 129 Å². The van der Waals surface area contributed by atoms with E-state index in [2.05, 4.69) is 13.8 Å². The Kier molecular flexibility index (Phi) is 21.6. The molecule has 7 nitrogen and oxygen atoms in total. The number of benzene rings is 2. The topological polar surface area (TPSA) is 88.1 Å². The van der Waals surface area contributed by atoms with E-state index >= 15 is 0 Å². The molecule has 0 amide bonds. The number of carbonyl (C=O) groups excluding carboxylic acids is 2. The van der Waals surface area contributed by atoms with Crippen molar-refractivity contribution >= 4 is 11.9 Å². The molecule has 0 aromatic heterocycles. The highest BCUT2D eigenvalue weighted by Crippen LogP contribution is 2.19. The molecule has 52 heavy (non-hydrogen) atoms. The van der Waals surface area contributed by atoms with Crippen molar-refractivity contribution in [3.63, 3.8) is 0 Å². The van der Waals surface area contributed by atoms with Gasteiger partial charge < -0.3 is 18.9 Å². The van der Waals surface area contributed by atoms with Crippen LogP contribution < -0.4 is 24.4 Å². The van der Waals surface area contributed by atoms with Crippen LogP contribution in [0.2, 0.25) is 0 Å². The second-order valence-electron chi connectivity index (χ2n) is 13.7. The molecule has 0 heterocycles. The first-order valence-corrected chi connectivity index (χ1v) is 20.0. The van der Waals surface area contributed by atoms with Gasteiger partial charge in [0.05, 0.1) is 24.3 Å². The minimum absolute atomic E-state index is 0.148. The van der Waals surface area contributed by atoms with Crippen molar-refractivity contribution in [1.82, 2.24) is 0 Å². The van der Waals surface area contributed by atoms with E-state index in [9.17, 15) is 14.4 Å². The molecule has 3 aromatic rings. The first-order chi connectivity index (χ1) is 25.5. The molecule has 0 aliphatic heterocycles. The number of hydrogen-bond donors (Lipinski definition) is 0. The molecule has 0 aliphatic rings. The molecule has 284 valence electrons. The second-order valence-corrected chi connectivity index (χ2v) is 13.7. The number of esters is 2. The summed E-state index contributed by atoms with van der Waals surface area (Å²) in [4.78, 5) is 38.2. The third-order valence-electron chi connectivity index (χ3n) is 9.17. The number of rotatable bonds is 28. The molecular formula is C45H62O7. The van der Waals surface area contributed by atoms with Gasteiger partial charge in [-0.25, -0.2) is 9.59 Å². The summed E-state index contributed by atoms with van der Waals surface area (Å²) in [5.41, 5.74) is 0.124. The highest BCUT2D eigenvalue weighted by molar-refractivity contribution is 5.92. The summed E-state index contributed by atoms with van der Waals surface area (Å²) in [6, 6.07) is 18.8. The van der Waals surface area contributed by atoms with E-state index in [0.29, 0.717) is 35.8 Å². The fraction of sp³-hybridized carbons (Fsp3) is 0.533. The Hall–Kier alpha value is -4.13. The maximum Gasteiger partial charge on any atom is 0.343 e. The van der Waals surface area contributed by atoms with Gasteiger partial charge in [-0.15, -0.1) is 0 Å². The van der Waals surface area contributed by atoms with Gasteiger partial charge in [0.25, 0.3) is 0 Å². The quantitative estimate of drug-likeness (QED) is 0.0546. The van der Waals surface area contributed by atoms with E-state index in [1.165, 1.54) is 127 Å². The minimum Gasteiger partial charge on any atom is -0.494 e. The van der Waals surface area contributed by atoms with E-state index in [0.717, 1.165) is 25.7 Å². The largest absolute Gasteiger partial charge is 0.494 e. The zero-order valence-electron chi connectivity index (χ0n) is 31.8. The van der Waals surface area contributed by atoms with E-state index < -0.39 is 17.4 Å². The van der Waals surface area contributed by atoms with Crippen molar-refractivity contribution in [2.75, 3.05) is 13.2 Å². The Morgan fingerprint density at radius 3 is 1.17 bits per heavy atom. The third kappa shape index (κ3) is 17.9. The molecule has 0 radical (unpaired) electrons. The van der Waals surface area contributed by atoms with Crippen molar-refractivity contribution in [3.8, 4) is 23.0 Å². The van der Waals surface area contributed by atoms with Crippen LogP contribution in [-0.4, -0.2) is 25.2 Å². The first kappa shape index (κ1) is 42.3. The summed E-state index contributed by atoms with van der Waals surface area (Å²) in [6.07, 6.45) is 25.4. The number of ether oxygens (including phenoxy) is 4. The SMILES string of the molecule is CCCCCCCCCCCCOc1ccc(C(=O)Oc2ccc(OC(=O)c3ccc(OCCCCCCCCCCCC)cc3)c(=O)cc2)cc1. The molecule has 0 spiro atoms. The van der Waals surface area contributed by atoms with Crippen LogP contribution in [-0.2, 0) is 0 Å². The molecule has 0 aliphatic carbocycles. The van der Waals surface area contributed by atoms with Crippen LogP contribution in [0.4, 0.5) is 0 Å². The molecule has 0 saturated heterocycles.